The summed E-state index contributed by atoms with van der Waals surface area (Å²) in [6, 6.07) is 1.19. The van der Waals surface area contributed by atoms with Gasteiger partial charge in [-0.2, -0.15) is 10.2 Å². The largest absolute Gasteiger partial charge is 0.361 e. The van der Waals surface area contributed by atoms with Gasteiger partial charge in [-0.15, -0.1) is 0 Å². The van der Waals surface area contributed by atoms with Gasteiger partial charge in [-0.3, -0.25) is 19.0 Å². The van der Waals surface area contributed by atoms with Crippen LogP contribution in [0.25, 0.3) is 45.1 Å². The zero-order chi connectivity index (χ0) is 39.9. The molecule has 56 heavy (non-hydrogen) atoms. The molecule has 2 amide bonds. The van der Waals surface area contributed by atoms with Crippen LogP contribution in [0.3, 0.4) is 0 Å². The minimum atomic E-state index is -1.17. The second kappa shape index (κ2) is 15.7. The molecule has 0 aromatic carbocycles. The van der Waals surface area contributed by atoms with Crippen LogP contribution >= 0.6 is 0 Å². The summed E-state index contributed by atoms with van der Waals surface area (Å²) in [7, 11) is 2.78. The number of carbonyl (C=O) groups excluding carboxylic acids is 2. The number of hydrogen-bond donors (Lipinski definition) is 3. The van der Waals surface area contributed by atoms with Gasteiger partial charge < -0.3 is 24.9 Å². The molecule has 2 aliphatic rings. The highest BCUT2D eigenvalue weighted by Gasteiger charge is 2.26. The summed E-state index contributed by atoms with van der Waals surface area (Å²) in [5.41, 5.74) is 11.7. The van der Waals surface area contributed by atoms with Crippen molar-refractivity contribution in [1.82, 2.24) is 59.7 Å². The molecule has 0 saturated carbocycles. The number of nitrogens with one attached hydrogen (secondary N) is 3. The third-order valence-electron chi connectivity index (χ3n) is 10.2. The lowest BCUT2D eigenvalue weighted by atomic mass is 10.1. The summed E-state index contributed by atoms with van der Waals surface area (Å²) in [5.74, 6) is -0.294. The average molecular weight is 779 g/mol. The van der Waals surface area contributed by atoms with Crippen molar-refractivity contribution >= 4 is 42.2 Å². The van der Waals surface area contributed by atoms with Gasteiger partial charge in [0.1, 0.15) is 40.5 Å². The normalized spacial score (nSPS) is 13.8. The Bertz CT molecular complexity index is 2410. The van der Waals surface area contributed by atoms with Crippen molar-refractivity contribution in [2.75, 3.05) is 6.61 Å². The van der Waals surface area contributed by atoms with Crippen LogP contribution in [0, 0.1) is 0 Å². The summed E-state index contributed by atoms with van der Waals surface area (Å²) >= 11 is 0. The Morgan fingerprint density at radius 3 is 1.93 bits per heavy atom. The van der Waals surface area contributed by atoms with Crippen LogP contribution in [-0.2, 0) is 51.2 Å². The van der Waals surface area contributed by atoms with E-state index in [4.69, 9.17) is 24.8 Å². The molecule has 2 aliphatic carbocycles. The van der Waals surface area contributed by atoms with E-state index in [9.17, 15) is 9.59 Å². The predicted molar refractivity (Wildman–Crippen MR) is 219 cm³/mol. The van der Waals surface area contributed by atoms with E-state index >= 15 is 0 Å². The van der Waals surface area contributed by atoms with Crippen molar-refractivity contribution in [2.45, 2.75) is 111 Å². The number of rotatable bonds is 11. The van der Waals surface area contributed by atoms with Gasteiger partial charge in [0, 0.05) is 75.8 Å². The second-order valence-electron chi connectivity index (χ2n) is 16.7. The predicted octanol–water partition coefficient (Wildman–Crippen LogP) is 5.76. The molecule has 0 spiro atoms. The van der Waals surface area contributed by atoms with Crippen molar-refractivity contribution in [2.24, 2.45) is 14.1 Å². The van der Waals surface area contributed by atoms with Gasteiger partial charge in [-0.25, -0.2) is 19.9 Å². The molecule has 0 unspecified atom stereocenters. The molecule has 6 aromatic heterocycles. The molecule has 0 saturated heterocycles. The monoisotopic (exact) mass is 778 g/mol. The topological polar surface area (TPSA) is 175 Å². The standard InChI is InChI=1S/C23H34N6O2Si.C17H20N6O/c1-15(2)25-23(30)17-13-29(14-31-10-11-32(4,5)6)22-21(17)26-18(12-24-22)20-16-8-7-9-19(16)28(3)27-20;1-9(2)20-17(24)11-7-18-16-15(11)21-12(8-19-16)14-10-5-4-6-13(10)23(3)22-14/h12-13,15H,7-11,14H2,1-6H3,(H,25,30);7-9H,4-6H2,1-3H3,(H,18,19)(H,20,24). The fourth-order valence-electron chi connectivity index (χ4n) is 7.46. The van der Waals surface area contributed by atoms with Crippen LogP contribution in [0.4, 0.5) is 0 Å². The van der Waals surface area contributed by atoms with Gasteiger partial charge in [0.05, 0.1) is 23.5 Å². The van der Waals surface area contributed by atoms with Gasteiger partial charge in [0.25, 0.3) is 11.8 Å². The summed E-state index contributed by atoms with van der Waals surface area (Å²) < 4.78 is 11.7. The zero-order valence-electron chi connectivity index (χ0n) is 34.1. The van der Waals surface area contributed by atoms with Crippen molar-refractivity contribution < 1.29 is 14.3 Å². The van der Waals surface area contributed by atoms with Crippen molar-refractivity contribution in [1.29, 1.82) is 0 Å². The number of hydrogen-bond acceptors (Lipinski definition) is 9. The van der Waals surface area contributed by atoms with Crippen LogP contribution < -0.4 is 10.6 Å². The lowest BCUT2D eigenvalue weighted by Crippen LogP contribution is -2.30. The maximum absolute atomic E-state index is 12.9. The molecular formula is C40H54N12O3Si. The number of aromatic amines is 1. The summed E-state index contributed by atoms with van der Waals surface area (Å²) in [5, 5.41) is 15.2. The van der Waals surface area contributed by atoms with E-state index in [0.29, 0.717) is 52.5 Å². The molecule has 3 N–H and O–H groups in total. The summed E-state index contributed by atoms with van der Waals surface area (Å²) in [6.45, 7) is 15.8. The highest BCUT2D eigenvalue weighted by atomic mass is 28.3. The highest BCUT2D eigenvalue weighted by Crippen LogP contribution is 2.33. The third kappa shape index (κ3) is 8.03. The third-order valence-corrected chi connectivity index (χ3v) is 11.9. The molecule has 6 heterocycles. The first-order valence-electron chi connectivity index (χ1n) is 19.7. The van der Waals surface area contributed by atoms with E-state index in [0.717, 1.165) is 61.7 Å². The van der Waals surface area contributed by atoms with E-state index < -0.39 is 8.07 Å². The molecule has 0 fully saturated rings. The summed E-state index contributed by atoms with van der Waals surface area (Å²) in [4.78, 5) is 47.0. The number of fused-ring (bicyclic) bond motifs is 4. The number of H-pyrrole nitrogens is 1. The smallest absolute Gasteiger partial charge is 0.255 e. The van der Waals surface area contributed by atoms with Crippen molar-refractivity contribution in [3.8, 4) is 22.8 Å². The number of amides is 2. The van der Waals surface area contributed by atoms with Gasteiger partial charge in [0.2, 0.25) is 0 Å². The van der Waals surface area contributed by atoms with E-state index in [1.54, 1.807) is 18.6 Å². The molecule has 0 atom stereocenters. The SMILES string of the molecule is CC(C)NC(=O)c1c[nH]c2ncc(-c3nn(C)c4c3CCC4)nc12.CC(C)NC(=O)c1cn(COCC[Si](C)(C)C)c2ncc(-c3nn(C)c4c3CCC4)nc12. The first-order chi connectivity index (χ1) is 26.7. The summed E-state index contributed by atoms with van der Waals surface area (Å²) in [6.07, 6.45) is 13.4. The molecule has 6 aromatic rings. The van der Waals surface area contributed by atoms with Gasteiger partial charge >= 0.3 is 0 Å². The first kappa shape index (κ1) is 39.0. The Kier molecular flexibility index (Phi) is 11.0. The van der Waals surface area contributed by atoms with Crippen LogP contribution in [-0.4, -0.2) is 87.6 Å². The maximum Gasteiger partial charge on any atom is 0.255 e. The van der Waals surface area contributed by atoms with Gasteiger partial charge in [0.15, 0.2) is 11.3 Å². The molecular weight excluding hydrogens is 725 g/mol. The molecule has 16 heteroatoms. The van der Waals surface area contributed by atoms with E-state index in [-0.39, 0.29) is 23.9 Å². The number of ether oxygens (including phenoxy) is 1. The molecule has 0 radical (unpaired) electrons. The van der Waals surface area contributed by atoms with Crippen molar-refractivity contribution in [3.63, 3.8) is 0 Å². The van der Waals surface area contributed by atoms with Crippen LogP contribution in [0.1, 0.15) is 83.8 Å². The Labute approximate surface area is 328 Å². The average Bonchev–Trinajstić information content (AvgIpc) is 3.98. The molecule has 15 nitrogen and oxygen atoms in total. The van der Waals surface area contributed by atoms with Gasteiger partial charge in [-0.1, -0.05) is 19.6 Å². The fraction of sp³-hybridized carbons (Fsp3) is 0.500. The maximum atomic E-state index is 12.9. The van der Waals surface area contributed by atoms with Crippen LogP contribution in [0.5, 0.6) is 0 Å². The van der Waals surface area contributed by atoms with Crippen LogP contribution in [0.15, 0.2) is 24.8 Å². The van der Waals surface area contributed by atoms with Crippen molar-refractivity contribution in [3.05, 3.63) is 58.4 Å². The zero-order valence-corrected chi connectivity index (χ0v) is 35.1. The lowest BCUT2D eigenvalue weighted by molar-refractivity contribution is 0.0890. The van der Waals surface area contributed by atoms with E-state index in [2.05, 4.69) is 45.3 Å². The Hall–Kier alpha value is -5.22. The van der Waals surface area contributed by atoms with E-state index in [1.807, 2.05) is 61.9 Å². The first-order valence-corrected chi connectivity index (χ1v) is 23.4. The Morgan fingerprint density at radius 2 is 1.36 bits per heavy atom. The highest BCUT2D eigenvalue weighted by molar-refractivity contribution is 6.76. The second-order valence-corrected chi connectivity index (χ2v) is 22.3. The number of carbonyl (C=O) groups is 2. The number of nitrogens with zero attached hydrogens (tertiary/aromatic N) is 9. The molecule has 0 aliphatic heterocycles. The Morgan fingerprint density at radius 1 is 0.804 bits per heavy atom. The number of aryl methyl sites for hydroxylation is 2. The molecule has 296 valence electrons. The number of aromatic nitrogens is 10. The fourth-order valence-corrected chi connectivity index (χ4v) is 8.22. The van der Waals surface area contributed by atoms with E-state index in [1.165, 1.54) is 22.5 Å². The lowest BCUT2D eigenvalue weighted by Gasteiger charge is -2.15. The minimum Gasteiger partial charge on any atom is -0.361 e. The quantitative estimate of drug-likeness (QED) is 0.109. The van der Waals surface area contributed by atoms with Crippen LogP contribution in [0.2, 0.25) is 25.7 Å². The molecule has 8 rings (SSSR count). The Balaban J connectivity index is 0.000000178. The molecule has 0 bridgehead atoms. The minimum absolute atomic E-state index is 0.0316. The van der Waals surface area contributed by atoms with Gasteiger partial charge in [-0.05, 0) is 72.3 Å².